The standard InChI is InChI=1S/C16H24N2O2/c1-20-15-9-4-3-8-14(15)16(19)17-10-7-13-18-11-5-2-6-12-18/h3-4,8-9H,2,5-7,10-13H2,1H3,(H,17,19). The van der Waals surface area contributed by atoms with E-state index in [9.17, 15) is 4.79 Å². The number of likely N-dealkylation sites (tertiary alicyclic amines) is 1. The molecule has 4 heteroatoms. The van der Waals surface area contributed by atoms with Crippen molar-refractivity contribution in [2.45, 2.75) is 25.7 Å². The van der Waals surface area contributed by atoms with Gasteiger partial charge in [-0.25, -0.2) is 0 Å². The van der Waals surface area contributed by atoms with Crippen LogP contribution in [0.1, 0.15) is 36.0 Å². The second kappa shape index (κ2) is 7.90. The van der Waals surface area contributed by atoms with E-state index in [4.69, 9.17) is 4.74 Å². The average molecular weight is 276 g/mol. The average Bonchev–Trinajstić information content (AvgIpc) is 2.52. The van der Waals surface area contributed by atoms with Crippen molar-refractivity contribution >= 4 is 5.91 Å². The van der Waals surface area contributed by atoms with E-state index in [1.807, 2.05) is 18.2 Å². The van der Waals surface area contributed by atoms with Crippen LogP contribution in [0.15, 0.2) is 24.3 Å². The Labute approximate surface area is 121 Å². The van der Waals surface area contributed by atoms with Crippen LogP contribution in [0.4, 0.5) is 0 Å². The Bertz CT molecular complexity index is 428. The van der Waals surface area contributed by atoms with Gasteiger partial charge in [-0.05, 0) is 51.0 Å². The molecule has 0 aromatic heterocycles. The summed E-state index contributed by atoms with van der Waals surface area (Å²) in [4.78, 5) is 14.6. The second-order valence-corrected chi connectivity index (χ2v) is 5.21. The number of hydrogen-bond donors (Lipinski definition) is 1. The lowest BCUT2D eigenvalue weighted by molar-refractivity contribution is 0.0948. The van der Waals surface area contributed by atoms with Crippen molar-refractivity contribution in [1.82, 2.24) is 10.2 Å². The van der Waals surface area contributed by atoms with Crippen LogP contribution >= 0.6 is 0 Å². The summed E-state index contributed by atoms with van der Waals surface area (Å²) in [6.45, 7) is 4.21. The molecular weight excluding hydrogens is 252 g/mol. The molecule has 0 radical (unpaired) electrons. The molecule has 110 valence electrons. The van der Waals surface area contributed by atoms with Crippen molar-refractivity contribution < 1.29 is 9.53 Å². The predicted octanol–water partition coefficient (Wildman–Crippen LogP) is 2.30. The number of rotatable bonds is 6. The Morgan fingerprint density at radius 2 is 2.00 bits per heavy atom. The molecule has 1 amide bonds. The Kier molecular flexibility index (Phi) is 5.87. The van der Waals surface area contributed by atoms with Gasteiger partial charge in [0.15, 0.2) is 0 Å². The lowest BCUT2D eigenvalue weighted by Gasteiger charge is -2.26. The first kappa shape index (κ1) is 14.9. The summed E-state index contributed by atoms with van der Waals surface area (Å²) in [5, 5.41) is 2.97. The molecule has 0 unspecified atom stereocenters. The maximum Gasteiger partial charge on any atom is 0.255 e. The number of benzene rings is 1. The molecule has 20 heavy (non-hydrogen) atoms. The summed E-state index contributed by atoms with van der Waals surface area (Å²) in [6, 6.07) is 7.32. The summed E-state index contributed by atoms with van der Waals surface area (Å²) in [5.41, 5.74) is 0.605. The maximum atomic E-state index is 12.1. The number of piperidine rings is 1. The van der Waals surface area contributed by atoms with E-state index in [1.165, 1.54) is 32.4 Å². The molecule has 1 N–H and O–H groups in total. The fourth-order valence-corrected chi connectivity index (χ4v) is 2.62. The molecule has 0 spiro atoms. The maximum absolute atomic E-state index is 12.1. The molecule has 1 aromatic rings. The third-order valence-corrected chi connectivity index (χ3v) is 3.74. The van der Waals surface area contributed by atoms with Crippen LogP contribution in [0, 0.1) is 0 Å². The summed E-state index contributed by atoms with van der Waals surface area (Å²) < 4.78 is 5.20. The Hall–Kier alpha value is -1.55. The van der Waals surface area contributed by atoms with Gasteiger partial charge in [0.1, 0.15) is 5.75 Å². The van der Waals surface area contributed by atoms with Gasteiger partial charge < -0.3 is 15.0 Å². The van der Waals surface area contributed by atoms with Crippen LogP contribution in [0.2, 0.25) is 0 Å². The highest BCUT2D eigenvalue weighted by atomic mass is 16.5. The zero-order valence-corrected chi connectivity index (χ0v) is 12.2. The highest BCUT2D eigenvalue weighted by molar-refractivity contribution is 5.96. The summed E-state index contributed by atoms with van der Waals surface area (Å²) in [7, 11) is 1.59. The molecule has 1 saturated heterocycles. The van der Waals surface area contributed by atoms with E-state index in [0.29, 0.717) is 17.9 Å². The fraction of sp³-hybridized carbons (Fsp3) is 0.562. The number of nitrogens with zero attached hydrogens (tertiary/aromatic N) is 1. The number of methoxy groups -OCH3 is 1. The van der Waals surface area contributed by atoms with Gasteiger partial charge in [-0.3, -0.25) is 4.79 Å². The largest absolute Gasteiger partial charge is 0.496 e. The first-order chi connectivity index (χ1) is 9.81. The topological polar surface area (TPSA) is 41.6 Å². The summed E-state index contributed by atoms with van der Waals surface area (Å²) in [6.07, 6.45) is 4.99. The van der Waals surface area contributed by atoms with Gasteiger partial charge in [-0.1, -0.05) is 18.6 Å². The van der Waals surface area contributed by atoms with E-state index in [0.717, 1.165) is 13.0 Å². The molecule has 0 saturated carbocycles. The number of amides is 1. The zero-order valence-electron chi connectivity index (χ0n) is 12.2. The van der Waals surface area contributed by atoms with Crippen LogP contribution in [-0.2, 0) is 0 Å². The third-order valence-electron chi connectivity index (χ3n) is 3.74. The van der Waals surface area contributed by atoms with Gasteiger partial charge in [0.2, 0.25) is 0 Å². The number of ether oxygens (including phenoxy) is 1. The zero-order chi connectivity index (χ0) is 14.2. The first-order valence-electron chi connectivity index (χ1n) is 7.45. The Balaban J connectivity index is 1.72. The lowest BCUT2D eigenvalue weighted by Crippen LogP contribution is -2.33. The summed E-state index contributed by atoms with van der Waals surface area (Å²) >= 11 is 0. The minimum Gasteiger partial charge on any atom is -0.496 e. The number of carbonyl (C=O) groups excluding carboxylic acids is 1. The molecule has 1 aromatic carbocycles. The minimum atomic E-state index is -0.0545. The molecule has 1 aliphatic heterocycles. The van der Waals surface area contributed by atoms with E-state index < -0.39 is 0 Å². The van der Waals surface area contributed by atoms with E-state index in [2.05, 4.69) is 10.2 Å². The van der Waals surface area contributed by atoms with Crippen LogP contribution in [0.5, 0.6) is 5.75 Å². The fourth-order valence-electron chi connectivity index (χ4n) is 2.62. The smallest absolute Gasteiger partial charge is 0.255 e. The number of carbonyl (C=O) groups is 1. The van der Waals surface area contributed by atoms with Crippen molar-refractivity contribution in [3.8, 4) is 5.75 Å². The predicted molar refractivity (Wildman–Crippen MR) is 80.2 cm³/mol. The van der Waals surface area contributed by atoms with Crippen LogP contribution < -0.4 is 10.1 Å². The first-order valence-corrected chi connectivity index (χ1v) is 7.45. The highest BCUT2D eigenvalue weighted by Gasteiger charge is 2.12. The van der Waals surface area contributed by atoms with Crippen molar-refractivity contribution in [3.05, 3.63) is 29.8 Å². The van der Waals surface area contributed by atoms with Gasteiger partial charge in [0.25, 0.3) is 5.91 Å². The van der Waals surface area contributed by atoms with Crippen LogP contribution in [0.3, 0.4) is 0 Å². The van der Waals surface area contributed by atoms with Gasteiger partial charge in [0.05, 0.1) is 12.7 Å². The second-order valence-electron chi connectivity index (χ2n) is 5.21. The molecule has 1 heterocycles. The Morgan fingerprint density at radius 1 is 1.25 bits per heavy atom. The molecule has 4 nitrogen and oxygen atoms in total. The molecule has 0 atom stereocenters. The van der Waals surface area contributed by atoms with Crippen molar-refractivity contribution in [2.24, 2.45) is 0 Å². The molecule has 1 fully saturated rings. The van der Waals surface area contributed by atoms with Crippen molar-refractivity contribution in [2.75, 3.05) is 33.3 Å². The Morgan fingerprint density at radius 3 is 2.75 bits per heavy atom. The van der Waals surface area contributed by atoms with Gasteiger partial charge in [0, 0.05) is 6.54 Å². The number of nitrogens with one attached hydrogen (secondary N) is 1. The monoisotopic (exact) mass is 276 g/mol. The van der Waals surface area contributed by atoms with Gasteiger partial charge in [-0.15, -0.1) is 0 Å². The normalized spacial score (nSPS) is 15.8. The number of para-hydroxylation sites is 1. The quantitative estimate of drug-likeness (QED) is 0.811. The SMILES string of the molecule is COc1ccccc1C(=O)NCCCN1CCCCC1. The molecule has 0 aliphatic carbocycles. The van der Waals surface area contributed by atoms with Gasteiger partial charge in [-0.2, -0.15) is 0 Å². The third kappa shape index (κ3) is 4.23. The molecule has 2 rings (SSSR count). The van der Waals surface area contributed by atoms with E-state index in [-0.39, 0.29) is 5.91 Å². The summed E-state index contributed by atoms with van der Waals surface area (Å²) in [5.74, 6) is 0.571. The van der Waals surface area contributed by atoms with Gasteiger partial charge >= 0.3 is 0 Å². The van der Waals surface area contributed by atoms with Crippen LogP contribution in [0.25, 0.3) is 0 Å². The number of hydrogen-bond acceptors (Lipinski definition) is 3. The van der Waals surface area contributed by atoms with Crippen molar-refractivity contribution in [1.29, 1.82) is 0 Å². The van der Waals surface area contributed by atoms with Crippen LogP contribution in [-0.4, -0.2) is 44.1 Å². The molecule has 0 bridgehead atoms. The highest BCUT2D eigenvalue weighted by Crippen LogP contribution is 2.16. The van der Waals surface area contributed by atoms with E-state index in [1.54, 1.807) is 13.2 Å². The molecule has 1 aliphatic rings. The minimum absolute atomic E-state index is 0.0545. The van der Waals surface area contributed by atoms with Crippen molar-refractivity contribution in [3.63, 3.8) is 0 Å². The molecular formula is C16H24N2O2. The lowest BCUT2D eigenvalue weighted by atomic mass is 10.1. The van der Waals surface area contributed by atoms with E-state index >= 15 is 0 Å².